The van der Waals surface area contributed by atoms with Gasteiger partial charge in [-0.3, -0.25) is 4.79 Å². The Hall–Kier alpha value is -3.49. The molecule has 1 aromatic carbocycles. The molecule has 1 fully saturated rings. The second-order valence-electron chi connectivity index (χ2n) is 7.85. The molecule has 32 heavy (non-hydrogen) atoms. The molecular formula is C23H25F2N3O4. The number of anilines is 1. The minimum atomic E-state index is -1.52. The normalized spacial score (nSPS) is 16.2. The van der Waals surface area contributed by atoms with Crippen LogP contribution in [0.5, 0.6) is 5.88 Å². The molecule has 1 saturated heterocycles. The number of nitrogens with zero attached hydrogens (tertiary/aromatic N) is 3. The van der Waals surface area contributed by atoms with E-state index in [2.05, 4.69) is 4.98 Å². The number of Topliss-reactive ketones (excluding diaryl/α,β-unsaturated/α-hetero) is 1. The first kappa shape index (κ1) is 23.2. The fourth-order valence-corrected chi connectivity index (χ4v) is 3.67. The second kappa shape index (κ2) is 9.76. The van der Waals surface area contributed by atoms with E-state index in [1.54, 1.807) is 17.2 Å². The van der Waals surface area contributed by atoms with Crippen LogP contribution in [0.25, 0.3) is 0 Å². The highest BCUT2D eigenvalue weighted by Crippen LogP contribution is 2.31. The van der Waals surface area contributed by atoms with E-state index < -0.39 is 34.5 Å². The number of hydrogen-bond acceptors (Lipinski definition) is 6. The molecule has 2 aromatic rings. The fraction of sp³-hybridized carbons (Fsp3) is 0.348. The quantitative estimate of drug-likeness (QED) is 0.289. The number of ketones is 1. The van der Waals surface area contributed by atoms with Crippen molar-refractivity contribution in [1.82, 2.24) is 9.88 Å². The van der Waals surface area contributed by atoms with Gasteiger partial charge >= 0.3 is 5.97 Å². The maximum absolute atomic E-state index is 15.0. The van der Waals surface area contributed by atoms with Gasteiger partial charge in [-0.1, -0.05) is 6.07 Å². The molecule has 170 valence electrons. The lowest BCUT2D eigenvalue weighted by Gasteiger charge is -2.27. The standard InChI is InChI=1S/C23H25F2N3O4/c1-14-6-4-8-26-22(14)32-13-15-7-5-9-28(15)20-11-18(24)16(10-19(20)25)21(29)17(23(30)31)12-27(2)3/h4,6,8,10-12,15H,5,7,9,13H2,1-3H3,(H,30,31)/b17-12-/t15-/m1/s1. The van der Waals surface area contributed by atoms with Gasteiger partial charge in [-0.25, -0.2) is 18.6 Å². The molecule has 1 atom stereocenters. The molecule has 0 amide bonds. The van der Waals surface area contributed by atoms with Crippen molar-refractivity contribution in [3.63, 3.8) is 0 Å². The van der Waals surface area contributed by atoms with Gasteiger partial charge in [-0.05, 0) is 31.9 Å². The molecule has 0 aliphatic carbocycles. The third-order valence-electron chi connectivity index (χ3n) is 5.20. The molecular weight excluding hydrogens is 420 g/mol. The molecule has 3 rings (SSSR count). The van der Waals surface area contributed by atoms with Crippen LogP contribution in [0.2, 0.25) is 0 Å². The average molecular weight is 445 g/mol. The van der Waals surface area contributed by atoms with Crippen molar-refractivity contribution in [2.45, 2.75) is 25.8 Å². The number of carbonyl (C=O) groups is 2. The second-order valence-corrected chi connectivity index (χ2v) is 7.85. The third kappa shape index (κ3) is 5.04. The van der Waals surface area contributed by atoms with Gasteiger partial charge < -0.3 is 19.6 Å². The number of carbonyl (C=O) groups excluding carboxylic acids is 1. The molecule has 0 spiro atoms. The average Bonchev–Trinajstić information content (AvgIpc) is 3.20. The van der Waals surface area contributed by atoms with Gasteiger partial charge in [0.15, 0.2) is 0 Å². The molecule has 1 N–H and O–H groups in total. The Balaban J connectivity index is 1.84. The summed E-state index contributed by atoms with van der Waals surface area (Å²) in [5, 5.41) is 9.29. The summed E-state index contributed by atoms with van der Waals surface area (Å²) in [5.41, 5.74) is -0.398. The fourth-order valence-electron chi connectivity index (χ4n) is 3.67. The number of aromatic nitrogens is 1. The van der Waals surface area contributed by atoms with E-state index >= 15 is 0 Å². The summed E-state index contributed by atoms with van der Waals surface area (Å²) in [5.74, 6) is -3.91. The van der Waals surface area contributed by atoms with Crippen LogP contribution in [-0.2, 0) is 4.79 Å². The minimum Gasteiger partial charge on any atom is -0.477 e. The van der Waals surface area contributed by atoms with E-state index in [4.69, 9.17) is 4.74 Å². The molecule has 2 heterocycles. The zero-order valence-electron chi connectivity index (χ0n) is 18.1. The summed E-state index contributed by atoms with van der Waals surface area (Å²) < 4.78 is 35.6. The van der Waals surface area contributed by atoms with Crippen LogP contribution in [-0.4, -0.2) is 60.0 Å². The molecule has 7 nitrogen and oxygen atoms in total. The predicted octanol–water partition coefficient (Wildman–Crippen LogP) is 3.43. The lowest BCUT2D eigenvalue weighted by Crippen LogP contribution is -2.35. The smallest absolute Gasteiger partial charge is 0.341 e. The topological polar surface area (TPSA) is 83.0 Å². The van der Waals surface area contributed by atoms with E-state index in [1.165, 1.54) is 19.0 Å². The first-order chi connectivity index (χ1) is 15.2. The maximum Gasteiger partial charge on any atom is 0.341 e. The van der Waals surface area contributed by atoms with Crippen LogP contribution in [0, 0.1) is 18.6 Å². The summed E-state index contributed by atoms with van der Waals surface area (Å²) >= 11 is 0. The summed E-state index contributed by atoms with van der Waals surface area (Å²) in [6.45, 7) is 2.61. The van der Waals surface area contributed by atoms with Crippen LogP contribution in [0.1, 0.15) is 28.8 Å². The van der Waals surface area contributed by atoms with Gasteiger partial charge in [-0.15, -0.1) is 0 Å². The number of hydrogen-bond donors (Lipinski definition) is 1. The first-order valence-corrected chi connectivity index (χ1v) is 10.2. The first-order valence-electron chi connectivity index (χ1n) is 10.2. The molecule has 9 heteroatoms. The summed E-state index contributed by atoms with van der Waals surface area (Å²) in [4.78, 5) is 31.2. The Kier molecular flexibility index (Phi) is 7.07. The number of pyridine rings is 1. The van der Waals surface area contributed by atoms with Crippen molar-refractivity contribution in [2.75, 3.05) is 32.1 Å². The molecule has 0 saturated carbocycles. The van der Waals surface area contributed by atoms with Crippen LogP contribution in [0.4, 0.5) is 14.5 Å². The van der Waals surface area contributed by atoms with Crippen molar-refractivity contribution in [3.8, 4) is 5.88 Å². The summed E-state index contributed by atoms with van der Waals surface area (Å²) in [7, 11) is 3.05. The van der Waals surface area contributed by atoms with E-state index in [0.29, 0.717) is 12.4 Å². The van der Waals surface area contributed by atoms with Crippen molar-refractivity contribution < 1.29 is 28.2 Å². The number of halogens is 2. The van der Waals surface area contributed by atoms with Crippen molar-refractivity contribution in [3.05, 3.63) is 65.0 Å². The number of ether oxygens (including phenoxy) is 1. The zero-order valence-corrected chi connectivity index (χ0v) is 18.1. The summed E-state index contributed by atoms with van der Waals surface area (Å²) in [6, 6.07) is 5.18. The number of carboxylic acid groups (broad SMARTS) is 1. The number of aliphatic carboxylic acids is 1. The van der Waals surface area contributed by atoms with E-state index in [9.17, 15) is 23.5 Å². The lowest BCUT2D eigenvalue weighted by molar-refractivity contribution is -0.132. The van der Waals surface area contributed by atoms with Crippen LogP contribution in [0.15, 0.2) is 42.2 Å². The summed E-state index contributed by atoms with van der Waals surface area (Å²) in [6.07, 6.45) is 4.17. The highest BCUT2D eigenvalue weighted by molar-refractivity contribution is 6.23. The molecule has 1 aliphatic heterocycles. The van der Waals surface area contributed by atoms with E-state index in [-0.39, 0.29) is 18.3 Å². The van der Waals surface area contributed by atoms with Gasteiger partial charge in [0.2, 0.25) is 11.7 Å². The van der Waals surface area contributed by atoms with Crippen LogP contribution < -0.4 is 9.64 Å². The maximum atomic E-state index is 15.0. The third-order valence-corrected chi connectivity index (χ3v) is 5.20. The zero-order chi connectivity index (χ0) is 23.4. The highest BCUT2D eigenvalue weighted by atomic mass is 19.1. The minimum absolute atomic E-state index is 0.0105. The lowest BCUT2D eigenvalue weighted by atomic mass is 10.0. The Labute approximate surface area is 184 Å². The van der Waals surface area contributed by atoms with Gasteiger partial charge in [0, 0.05) is 44.7 Å². The molecule has 0 bridgehead atoms. The van der Waals surface area contributed by atoms with Crippen molar-refractivity contribution in [2.24, 2.45) is 0 Å². The largest absolute Gasteiger partial charge is 0.477 e. The monoisotopic (exact) mass is 445 g/mol. The van der Waals surface area contributed by atoms with Gasteiger partial charge in [-0.2, -0.15) is 0 Å². The number of rotatable bonds is 8. The van der Waals surface area contributed by atoms with Crippen molar-refractivity contribution >= 4 is 17.4 Å². The molecule has 0 unspecified atom stereocenters. The Bertz CT molecular complexity index is 1060. The Morgan fingerprint density at radius 2 is 2.06 bits per heavy atom. The SMILES string of the molecule is Cc1cccnc1OC[C@H]1CCCN1c1cc(F)c(C(=O)/C(=C/N(C)C)C(=O)O)cc1F. The van der Waals surface area contributed by atoms with Crippen molar-refractivity contribution in [1.29, 1.82) is 0 Å². The predicted molar refractivity (Wildman–Crippen MR) is 115 cm³/mol. The van der Waals surface area contributed by atoms with Gasteiger partial charge in [0.05, 0.1) is 17.3 Å². The highest BCUT2D eigenvalue weighted by Gasteiger charge is 2.30. The Morgan fingerprint density at radius 1 is 1.31 bits per heavy atom. The van der Waals surface area contributed by atoms with Gasteiger partial charge in [0.25, 0.3) is 0 Å². The van der Waals surface area contributed by atoms with Crippen LogP contribution in [0.3, 0.4) is 0 Å². The van der Waals surface area contributed by atoms with Crippen LogP contribution >= 0.6 is 0 Å². The number of aryl methyl sites for hydroxylation is 1. The van der Waals surface area contributed by atoms with E-state index in [1.807, 2.05) is 13.0 Å². The number of carboxylic acids is 1. The van der Waals surface area contributed by atoms with E-state index in [0.717, 1.165) is 36.7 Å². The molecule has 1 aliphatic rings. The molecule has 1 aromatic heterocycles. The molecule has 0 radical (unpaired) electrons. The Morgan fingerprint density at radius 3 is 2.72 bits per heavy atom. The van der Waals surface area contributed by atoms with Gasteiger partial charge in [0.1, 0.15) is 23.8 Å². The number of benzene rings is 1.